The van der Waals surface area contributed by atoms with Crippen molar-refractivity contribution in [1.29, 1.82) is 0 Å². The Labute approximate surface area is 191 Å². The molecule has 0 aliphatic carbocycles. The molecule has 0 atom stereocenters. The van der Waals surface area contributed by atoms with Gasteiger partial charge in [-0.15, -0.1) is 11.3 Å². The Bertz CT molecular complexity index is 1330. The number of sulfonamides is 1. The number of rotatable bonds is 5. The normalized spacial score (nSPS) is 15.2. The smallest absolute Gasteiger partial charge is 0.243 e. The molecular formula is C23H22N4O3S2. The lowest BCUT2D eigenvalue weighted by Gasteiger charge is -2.34. The fraction of sp³-hybridized carbons (Fsp3) is 0.217. The van der Waals surface area contributed by atoms with Crippen molar-refractivity contribution in [2.75, 3.05) is 38.2 Å². The van der Waals surface area contributed by atoms with E-state index >= 15 is 0 Å². The number of hydrogen-bond acceptors (Lipinski definition) is 7. The summed E-state index contributed by atoms with van der Waals surface area (Å²) in [5.41, 5.74) is 1.15. The van der Waals surface area contributed by atoms with E-state index in [1.54, 1.807) is 49.0 Å². The number of anilines is 1. The summed E-state index contributed by atoms with van der Waals surface area (Å²) >= 11 is 1.64. The van der Waals surface area contributed by atoms with E-state index in [9.17, 15) is 8.42 Å². The first kappa shape index (κ1) is 20.9. The van der Waals surface area contributed by atoms with Crippen molar-refractivity contribution < 1.29 is 13.2 Å². The second-order valence-electron chi connectivity index (χ2n) is 7.46. The minimum atomic E-state index is -3.55. The lowest BCUT2D eigenvalue weighted by atomic mass is 10.2. The van der Waals surface area contributed by atoms with Crippen molar-refractivity contribution in [3.8, 4) is 16.2 Å². The Balaban J connectivity index is 1.36. The fourth-order valence-corrected chi connectivity index (χ4v) is 6.30. The first-order chi connectivity index (χ1) is 15.6. The molecule has 0 saturated carbocycles. The molecule has 1 fully saturated rings. The Morgan fingerprint density at radius 2 is 1.66 bits per heavy atom. The molecule has 3 heterocycles. The van der Waals surface area contributed by atoms with Crippen molar-refractivity contribution in [1.82, 2.24) is 14.3 Å². The molecule has 1 aliphatic heterocycles. The standard InChI is InChI=1S/C23H22N4O3S2/c1-30-18-7-9-19(10-8-18)32(28,29)27-13-11-26(12-14-27)22-20-15-21(17-5-3-2-4-6-17)31-23(20)25-16-24-22/h2-10,15-16H,11-14H2,1H3. The van der Waals surface area contributed by atoms with Gasteiger partial charge in [0, 0.05) is 31.1 Å². The molecule has 1 aliphatic rings. The summed E-state index contributed by atoms with van der Waals surface area (Å²) in [4.78, 5) is 13.5. The van der Waals surface area contributed by atoms with Crippen molar-refractivity contribution in [3.05, 3.63) is 67.0 Å². The number of nitrogens with zero attached hydrogens (tertiary/aromatic N) is 4. The van der Waals surface area contributed by atoms with Gasteiger partial charge in [-0.1, -0.05) is 30.3 Å². The Kier molecular flexibility index (Phi) is 5.54. The van der Waals surface area contributed by atoms with E-state index in [2.05, 4.69) is 33.1 Å². The maximum absolute atomic E-state index is 13.0. The maximum atomic E-state index is 13.0. The van der Waals surface area contributed by atoms with Crippen LogP contribution in [0.3, 0.4) is 0 Å². The van der Waals surface area contributed by atoms with E-state index in [4.69, 9.17) is 4.74 Å². The Morgan fingerprint density at radius 1 is 0.938 bits per heavy atom. The highest BCUT2D eigenvalue weighted by atomic mass is 32.2. The van der Waals surface area contributed by atoms with Crippen molar-refractivity contribution in [2.45, 2.75) is 4.90 Å². The molecule has 9 heteroatoms. The summed E-state index contributed by atoms with van der Waals surface area (Å²) in [6.45, 7) is 1.93. The molecule has 0 bridgehead atoms. The van der Waals surface area contributed by atoms with Crippen LogP contribution in [0.4, 0.5) is 5.82 Å². The van der Waals surface area contributed by atoms with E-state index in [0.29, 0.717) is 31.9 Å². The van der Waals surface area contributed by atoms with Crippen LogP contribution in [0, 0.1) is 0 Å². The minimum Gasteiger partial charge on any atom is -0.497 e. The number of hydrogen-bond donors (Lipinski definition) is 0. The second-order valence-corrected chi connectivity index (χ2v) is 10.4. The summed E-state index contributed by atoms with van der Waals surface area (Å²) in [5, 5.41) is 1.00. The number of benzene rings is 2. The highest BCUT2D eigenvalue weighted by Gasteiger charge is 2.29. The summed E-state index contributed by atoms with van der Waals surface area (Å²) in [7, 11) is -1.99. The third kappa shape index (κ3) is 3.83. The first-order valence-corrected chi connectivity index (χ1v) is 12.5. The summed E-state index contributed by atoms with van der Waals surface area (Å²) in [6.07, 6.45) is 1.59. The summed E-state index contributed by atoms with van der Waals surface area (Å²) in [5.74, 6) is 1.49. The molecule has 0 radical (unpaired) electrons. The minimum absolute atomic E-state index is 0.279. The SMILES string of the molecule is COc1ccc(S(=O)(=O)N2CCN(c3ncnc4sc(-c5ccccc5)cc34)CC2)cc1. The average Bonchev–Trinajstić information content (AvgIpc) is 3.29. The lowest BCUT2D eigenvalue weighted by Crippen LogP contribution is -2.49. The van der Waals surface area contributed by atoms with E-state index in [1.807, 2.05) is 18.2 Å². The highest BCUT2D eigenvalue weighted by molar-refractivity contribution is 7.89. The maximum Gasteiger partial charge on any atom is 0.243 e. The topological polar surface area (TPSA) is 75.6 Å². The van der Waals surface area contributed by atoms with Crippen molar-refractivity contribution in [2.24, 2.45) is 0 Å². The molecule has 4 aromatic rings. The summed E-state index contributed by atoms with van der Waals surface area (Å²) in [6, 6.07) is 18.9. The van der Waals surface area contributed by atoms with Gasteiger partial charge in [0.2, 0.25) is 10.0 Å². The molecular weight excluding hydrogens is 444 g/mol. The van der Waals surface area contributed by atoms with Crippen LogP contribution in [0.5, 0.6) is 5.75 Å². The fourth-order valence-electron chi connectivity index (χ4n) is 3.88. The first-order valence-electron chi connectivity index (χ1n) is 10.3. The van der Waals surface area contributed by atoms with Gasteiger partial charge in [-0.05, 0) is 35.9 Å². The number of methoxy groups -OCH3 is 1. The quantitative estimate of drug-likeness (QED) is 0.444. The Morgan fingerprint density at radius 3 is 2.34 bits per heavy atom. The molecule has 2 aromatic heterocycles. The predicted octanol–water partition coefficient (Wildman–Crippen LogP) is 3.88. The van der Waals surface area contributed by atoms with Crippen LogP contribution in [-0.4, -0.2) is 56.0 Å². The van der Waals surface area contributed by atoms with Crippen LogP contribution in [-0.2, 0) is 10.0 Å². The molecule has 7 nitrogen and oxygen atoms in total. The second kappa shape index (κ2) is 8.50. The number of ether oxygens (including phenoxy) is 1. The number of thiophene rings is 1. The summed E-state index contributed by atoms with van der Waals surface area (Å²) < 4.78 is 32.8. The van der Waals surface area contributed by atoms with Gasteiger partial charge in [-0.3, -0.25) is 0 Å². The molecule has 164 valence electrons. The molecule has 0 unspecified atom stereocenters. The molecule has 5 rings (SSSR count). The number of piperazine rings is 1. The number of aromatic nitrogens is 2. The third-order valence-corrected chi connectivity index (χ3v) is 8.61. The van der Waals surface area contributed by atoms with Gasteiger partial charge < -0.3 is 9.64 Å². The van der Waals surface area contributed by atoms with Crippen molar-refractivity contribution >= 4 is 37.4 Å². The van der Waals surface area contributed by atoms with Gasteiger partial charge in [0.25, 0.3) is 0 Å². The molecule has 0 N–H and O–H groups in total. The van der Waals surface area contributed by atoms with E-state index in [-0.39, 0.29) is 4.90 Å². The van der Waals surface area contributed by atoms with E-state index in [0.717, 1.165) is 26.5 Å². The van der Waals surface area contributed by atoms with E-state index < -0.39 is 10.0 Å². The van der Waals surface area contributed by atoms with Crippen molar-refractivity contribution in [3.63, 3.8) is 0 Å². The van der Waals surface area contributed by atoms with Gasteiger partial charge >= 0.3 is 0 Å². The molecule has 0 spiro atoms. The van der Waals surface area contributed by atoms with Crippen LogP contribution in [0.2, 0.25) is 0 Å². The number of fused-ring (bicyclic) bond motifs is 1. The zero-order valence-corrected chi connectivity index (χ0v) is 19.1. The van der Waals surface area contributed by atoms with Crippen LogP contribution in [0.15, 0.2) is 71.9 Å². The largest absolute Gasteiger partial charge is 0.497 e. The zero-order valence-electron chi connectivity index (χ0n) is 17.5. The molecule has 1 saturated heterocycles. The van der Waals surface area contributed by atoms with Crippen LogP contribution >= 0.6 is 11.3 Å². The average molecular weight is 467 g/mol. The van der Waals surface area contributed by atoms with Crippen LogP contribution < -0.4 is 9.64 Å². The van der Waals surface area contributed by atoms with Gasteiger partial charge in [0.1, 0.15) is 22.7 Å². The Hall–Kier alpha value is -3.01. The van der Waals surface area contributed by atoms with Gasteiger partial charge in [-0.25, -0.2) is 18.4 Å². The van der Waals surface area contributed by atoms with Gasteiger partial charge in [0.15, 0.2) is 0 Å². The lowest BCUT2D eigenvalue weighted by molar-refractivity contribution is 0.384. The molecule has 0 amide bonds. The zero-order chi connectivity index (χ0) is 22.1. The highest BCUT2D eigenvalue weighted by Crippen LogP contribution is 2.36. The molecule has 2 aromatic carbocycles. The van der Waals surface area contributed by atoms with Gasteiger partial charge in [0.05, 0.1) is 17.4 Å². The van der Waals surface area contributed by atoms with E-state index in [1.165, 1.54) is 4.31 Å². The van der Waals surface area contributed by atoms with Crippen LogP contribution in [0.25, 0.3) is 20.7 Å². The van der Waals surface area contributed by atoms with Gasteiger partial charge in [-0.2, -0.15) is 4.31 Å². The monoisotopic (exact) mass is 466 g/mol. The van der Waals surface area contributed by atoms with Crippen LogP contribution in [0.1, 0.15) is 0 Å². The third-order valence-electron chi connectivity index (χ3n) is 5.60. The molecule has 32 heavy (non-hydrogen) atoms. The predicted molar refractivity (Wildman–Crippen MR) is 127 cm³/mol.